The maximum absolute atomic E-state index is 6.17. The van der Waals surface area contributed by atoms with Crippen LogP contribution < -0.4 is 10.1 Å². The van der Waals surface area contributed by atoms with E-state index >= 15 is 0 Å². The summed E-state index contributed by atoms with van der Waals surface area (Å²) in [4.78, 5) is 0. The predicted molar refractivity (Wildman–Crippen MR) is 71.3 cm³/mol. The molecule has 1 aliphatic heterocycles. The Bertz CT molecular complexity index is 360. The smallest absolute Gasteiger partial charge is 0.124 e. The lowest BCUT2D eigenvalue weighted by Gasteiger charge is -2.35. The Morgan fingerprint density at radius 1 is 1.29 bits per heavy atom. The first-order chi connectivity index (χ1) is 8.30. The highest BCUT2D eigenvalue weighted by Gasteiger charge is 2.30. The van der Waals surface area contributed by atoms with E-state index in [0.717, 1.165) is 12.2 Å². The van der Waals surface area contributed by atoms with E-state index in [-0.39, 0.29) is 0 Å². The van der Waals surface area contributed by atoms with Gasteiger partial charge in [0.05, 0.1) is 0 Å². The highest BCUT2D eigenvalue weighted by molar-refractivity contribution is 5.37. The van der Waals surface area contributed by atoms with Crippen molar-refractivity contribution in [3.05, 3.63) is 29.8 Å². The molecule has 0 radical (unpaired) electrons. The topological polar surface area (TPSA) is 21.3 Å². The van der Waals surface area contributed by atoms with Crippen molar-refractivity contribution in [2.24, 2.45) is 5.92 Å². The first-order valence-electron chi connectivity index (χ1n) is 6.73. The van der Waals surface area contributed by atoms with E-state index in [2.05, 4.69) is 43.4 Å². The van der Waals surface area contributed by atoms with Gasteiger partial charge in [0.15, 0.2) is 0 Å². The van der Waals surface area contributed by atoms with Crippen molar-refractivity contribution in [1.29, 1.82) is 0 Å². The van der Waals surface area contributed by atoms with E-state index in [1.54, 1.807) is 0 Å². The van der Waals surface area contributed by atoms with Gasteiger partial charge in [0.1, 0.15) is 11.9 Å². The summed E-state index contributed by atoms with van der Waals surface area (Å²) in [5.74, 6) is 1.73. The Morgan fingerprint density at radius 3 is 2.65 bits per heavy atom. The summed E-state index contributed by atoms with van der Waals surface area (Å²) in [6.45, 7) is 4.51. The molecule has 0 amide bonds. The second-order valence-corrected chi connectivity index (χ2v) is 4.85. The average molecular weight is 233 g/mol. The minimum absolute atomic E-state index is 0.359. The van der Waals surface area contributed by atoms with E-state index in [1.165, 1.54) is 18.4 Å². The molecule has 2 nitrogen and oxygen atoms in total. The Morgan fingerprint density at radius 2 is 2.00 bits per heavy atom. The van der Waals surface area contributed by atoms with Crippen LogP contribution in [-0.2, 0) is 0 Å². The van der Waals surface area contributed by atoms with Gasteiger partial charge in [-0.1, -0.05) is 32.0 Å². The van der Waals surface area contributed by atoms with Crippen LogP contribution in [0, 0.1) is 5.92 Å². The standard InChI is InChI=1S/C15H23NO/c1-4-11(5-2)15-10-13(16-3)12-8-6-7-9-14(12)17-15/h6-9,11,13,15-16H,4-5,10H2,1-3H3. The molecule has 0 spiro atoms. The molecule has 0 fully saturated rings. The molecule has 2 heteroatoms. The van der Waals surface area contributed by atoms with Gasteiger partial charge in [0, 0.05) is 18.0 Å². The van der Waals surface area contributed by atoms with Gasteiger partial charge < -0.3 is 10.1 Å². The molecule has 2 unspecified atom stereocenters. The number of ether oxygens (including phenoxy) is 1. The van der Waals surface area contributed by atoms with Crippen LogP contribution in [0.5, 0.6) is 5.75 Å². The number of nitrogens with one attached hydrogen (secondary N) is 1. The summed E-state index contributed by atoms with van der Waals surface area (Å²) < 4.78 is 6.17. The van der Waals surface area contributed by atoms with E-state index in [1.807, 2.05) is 7.05 Å². The van der Waals surface area contributed by atoms with Gasteiger partial charge in [0.25, 0.3) is 0 Å². The molecule has 1 aromatic rings. The Kier molecular flexibility index (Phi) is 4.06. The Hall–Kier alpha value is -1.02. The SMILES string of the molecule is CCC(CC)C1CC(NC)c2ccccc2O1. The number of hydrogen-bond donors (Lipinski definition) is 1. The minimum Gasteiger partial charge on any atom is -0.490 e. The highest BCUT2D eigenvalue weighted by Crippen LogP contribution is 2.37. The number of hydrogen-bond acceptors (Lipinski definition) is 2. The maximum Gasteiger partial charge on any atom is 0.124 e. The zero-order valence-corrected chi connectivity index (χ0v) is 11.1. The molecule has 2 rings (SSSR count). The van der Waals surface area contributed by atoms with Crippen molar-refractivity contribution in [2.45, 2.75) is 45.3 Å². The lowest BCUT2D eigenvalue weighted by molar-refractivity contribution is 0.0894. The van der Waals surface area contributed by atoms with Crippen LogP contribution >= 0.6 is 0 Å². The summed E-state index contributed by atoms with van der Waals surface area (Å²) >= 11 is 0. The fourth-order valence-corrected chi connectivity index (χ4v) is 2.82. The lowest BCUT2D eigenvalue weighted by atomic mass is 9.87. The molecule has 0 saturated heterocycles. The molecule has 1 heterocycles. The van der Waals surface area contributed by atoms with Crippen LogP contribution in [0.3, 0.4) is 0 Å². The van der Waals surface area contributed by atoms with Gasteiger partial charge in [-0.25, -0.2) is 0 Å². The number of para-hydroxylation sites is 1. The summed E-state index contributed by atoms with van der Waals surface area (Å²) in [6, 6.07) is 8.84. The van der Waals surface area contributed by atoms with E-state index in [4.69, 9.17) is 4.74 Å². The molecule has 1 aliphatic rings. The third-order valence-corrected chi connectivity index (χ3v) is 3.96. The Balaban J connectivity index is 2.23. The summed E-state index contributed by atoms with van der Waals surface area (Å²) in [5, 5.41) is 3.41. The summed E-state index contributed by atoms with van der Waals surface area (Å²) in [7, 11) is 2.04. The van der Waals surface area contributed by atoms with Crippen LogP contribution in [-0.4, -0.2) is 13.2 Å². The van der Waals surface area contributed by atoms with Crippen LogP contribution in [0.4, 0.5) is 0 Å². The van der Waals surface area contributed by atoms with Gasteiger partial charge in [-0.05, 0) is 31.9 Å². The molecule has 94 valence electrons. The van der Waals surface area contributed by atoms with Crippen molar-refractivity contribution in [3.63, 3.8) is 0 Å². The van der Waals surface area contributed by atoms with Crippen molar-refractivity contribution in [3.8, 4) is 5.75 Å². The van der Waals surface area contributed by atoms with Crippen LogP contribution in [0.1, 0.15) is 44.7 Å². The minimum atomic E-state index is 0.359. The first-order valence-corrected chi connectivity index (χ1v) is 6.73. The summed E-state index contributed by atoms with van der Waals surface area (Å²) in [6.07, 6.45) is 3.83. The largest absolute Gasteiger partial charge is 0.490 e. The second kappa shape index (κ2) is 5.54. The summed E-state index contributed by atoms with van der Waals surface area (Å²) in [5.41, 5.74) is 1.30. The first kappa shape index (κ1) is 12.4. The van der Waals surface area contributed by atoms with Crippen molar-refractivity contribution >= 4 is 0 Å². The van der Waals surface area contributed by atoms with Crippen LogP contribution in [0.15, 0.2) is 24.3 Å². The van der Waals surface area contributed by atoms with Gasteiger partial charge in [-0.2, -0.15) is 0 Å². The van der Waals surface area contributed by atoms with E-state index < -0.39 is 0 Å². The molecule has 0 saturated carbocycles. The number of fused-ring (bicyclic) bond motifs is 1. The fraction of sp³-hybridized carbons (Fsp3) is 0.600. The zero-order chi connectivity index (χ0) is 12.3. The Labute approximate surface area is 104 Å². The zero-order valence-electron chi connectivity index (χ0n) is 11.1. The third-order valence-electron chi connectivity index (χ3n) is 3.96. The van der Waals surface area contributed by atoms with Crippen molar-refractivity contribution < 1.29 is 4.74 Å². The molecule has 0 bridgehead atoms. The van der Waals surface area contributed by atoms with E-state index in [0.29, 0.717) is 18.1 Å². The highest BCUT2D eigenvalue weighted by atomic mass is 16.5. The van der Waals surface area contributed by atoms with Crippen LogP contribution in [0.25, 0.3) is 0 Å². The van der Waals surface area contributed by atoms with Crippen LogP contribution in [0.2, 0.25) is 0 Å². The van der Waals surface area contributed by atoms with Gasteiger partial charge in [-0.15, -0.1) is 0 Å². The normalized spacial score (nSPS) is 23.3. The van der Waals surface area contributed by atoms with Crippen molar-refractivity contribution in [1.82, 2.24) is 5.32 Å². The molecule has 0 aromatic heterocycles. The van der Waals surface area contributed by atoms with Gasteiger partial charge >= 0.3 is 0 Å². The predicted octanol–water partition coefficient (Wildman–Crippen LogP) is 3.53. The average Bonchev–Trinajstić information content (AvgIpc) is 2.39. The van der Waals surface area contributed by atoms with Gasteiger partial charge in [-0.3, -0.25) is 0 Å². The second-order valence-electron chi connectivity index (χ2n) is 4.85. The lowest BCUT2D eigenvalue weighted by Crippen LogP contribution is -2.36. The molecule has 2 atom stereocenters. The molecule has 17 heavy (non-hydrogen) atoms. The quantitative estimate of drug-likeness (QED) is 0.859. The fourth-order valence-electron chi connectivity index (χ4n) is 2.82. The molecular formula is C15H23NO. The molecule has 1 N–H and O–H groups in total. The maximum atomic E-state index is 6.17. The van der Waals surface area contributed by atoms with E-state index in [9.17, 15) is 0 Å². The number of rotatable bonds is 4. The monoisotopic (exact) mass is 233 g/mol. The third kappa shape index (κ3) is 2.47. The van der Waals surface area contributed by atoms with Gasteiger partial charge in [0.2, 0.25) is 0 Å². The number of benzene rings is 1. The molecule has 1 aromatic carbocycles. The molecule has 0 aliphatic carbocycles. The molecular weight excluding hydrogens is 210 g/mol. The van der Waals surface area contributed by atoms with Crippen molar-refractivity contribution in [2.75, 3.05) is 7.05 Å².